The first-order valence-corrected chi connectivity index (χ1v) is 31.0. The van der Waals surface area contributed by atoms with Gasteiger partial charge in [0.25, 0.3) is 0 Å². The van der Waals surface area contributed by atoms with Gasteiger partial charge in [0.05, 0.1) is 16.7 Å². The lowest BCUT2D eigenvalue weighted by molar-refractivity contribution is 0.734. The summed E-state index contributed by atoms with van der Waals surface area (Å²) in [5.41, 5.74) is 24.0. The van der Waals surface area contributed by atoms with Gasteiger partial charge in [-0.15, -0.1) is 0 Å². The summed E-state index contributed by atoms with van der Waals surface area (Å²) in [4.78, 5) is 0. The van der Waals surface area contributed by atoms with Gasteiger partial charge in [-0.3, -0.25) is 0 Å². The van der Waals surface area contributed by atoms with Crippen molar-refractivity contribution in [2.45, 2.75) is 18.8 Å². The van der Waals surface area contributed by atoms with Crippen LogP contribution in [0, 0.1) is 0 Å². The average molecular weight is 1070 g/mol. The summed E-state index contributed by atoms with van der Waals surface area (Å²) in [6, 6.07) is 114. The highest BCUT2D eigenvalue weighted by Gasteiger charge is 2.51. The molecule has 2 bridgehead atoms. The molecule has 1 heterocycles. The van der Waals surface area contributed by atoms with Gasteiger partial charge in [0.15, 0.2) is 8.07 Å². The van der Waals surface area contributed by atoms with Gasteiger partial charge < -0.3 is 4.57 Å². The summed E-state index contributed by atoms with van der Waals surface area (Å²) in [6.45, 7) is 7.06. The van der Waals surface area contributed by atoms with Gasteiger partial charge in [-0.2, -0.15) is 0 Å². The highest BCUT2D eigenvalue weighted by molar-refractivity contribution is 7.16. The van der Waals surface area contributed by atoms with E-state index in [0.29, 0.717) is 0 Å². The summed E-state index contributed by atoms with van der Waals surface area (Å²) in [5, 5.41) is 7.80. The zero-order chi connectivity index (χ0) is 55.4. The van der Waals surface area contributed by atoms with Crippen molar-refractivity contribution in [1.29, 1.82) is 0 Å². The zero-order valence-electron chi connectivity index (χ0n) is 46.3. The monoisotopic (exact) mass is 1070 g/mol. The van der Waals surface area contributed by atoms with Crippen LogP contribution in [0.3, 0.4) is 0 Å². The molecule has 1 nitrogen and oxygen atoms in total. The van der Waals surface area contributed by atoms with Crippen LogP contribution in [-0.4, -0.2) is 12.6 Å². The molecule has 0 N–H and O–H groups in total. The van der Waals surface area contributed by atoms with E-state index >= 15 is 0 Å². The molecule has 392 valence electrons. The van der Waals surface area contributed by atoms with Crippen molar-refractivity contribution in [3.63, 3.8) is 0 Å². The molecule has 83 heavy (non-hydrogen) atoms. The number of allylic oxidation sites excluding steroid dienone is 5. The van der Waals surface area contributed by atoms with Gasteiger partial charge in [0.2, 0.25) is 0 Å². The number of aromatic nitrogens is 1. The fraction of sp³-hybridized carbons (Fsp3) is 0.0370. The Hall–Kier alpha value is -10.1. The van der Waals surface area contributed by atoms with Crippen molar-refractivity contribution in [2.24, 2.45) is 0 Å². The number of fused-ring (bicyclic) bond motifs is 3. The van der Waals surface area contributed by atoms with Crippen molar-refractivity contribution < 1.29 is 0 Å². The zero-order valence-corrected chi connectivity index (χ0v) is 47.3. The number of nitrogens with zero attached hydrogens (tertiary/aromatic N) is 1. The van der Waals surface area contributed by atoms with Crippen LogP contribution >= 0.6 is 0 Å². The molecular formula is C81H59NSi. The van der Waals surface area contributed by atoms with Gasteiger partial charge in [-0.1, -0.05) is 303 Å². The van der Waals surface area contributed by atoms with E-state index in [1.165, 1.54) is 137 Å². The number of para-hydroxylation sites is 1. The fourth-order valence-electron chi connectivity index (χ4n) is 14.5. The van der Waals surface area contributed by atoms with Crippen molar-refractivity contribution in [3.05, 3.63) is 361 Å². The van der Waals surface area contributed by atoms with Crippen LogP contribution in [0.25, 0.3) is 83.1 Å². The molecular weight excluding hydrogens is 1010 g/mol. The van der Waals surface area contributed by atoms with Crippen molar-refractivity contribution in [1.82, 2.24) is 4.57 Å². The molecule has 3 aliphatic rings. The highest BCUT2D eigenvalue weighted by Crippen LogP contribution is 2.60. The van der Waals surface area contributed by atoms with Crippen LogP contribution in [0.2, 0.25) is 0 Å². The average Bonchev–Trinajstić information content (AvgIpc) is 3.28. The predicted molar refractivity (Wildman–Crippen MR) is 353 cm³/mol. The Morgan fingerprint density at radius 2 is 0.831 bits per heavy atom. The van der Waals surface area contributed by atoms with Gasteiger partial charge in [-0.05, 0) is 135 Å². The Bertz CT molecular complexity index is 4540. The lowest BCUT2D eigenvalue weighted by atomic mass is 9.60. The summed E-state index contributed by atoms with van der Waals surface area (Å²) in [5.74, 6) is -0.0887. The van der Waals surface area contributed by atoms with E-state index in [1.807, 2.05) is 0 Å². The second kappa shape index (κ2) is 20.8. The van der Waals surface area contributed by atoms with E-state index < -0.39 is 8.07 Å². The van der Waals surface area contributed by atoms with Crippen molar-refractivity contribution in [2.75, 3.05) is 0 Å². The maximum Gasteiger partial charge on any atom is 0.179 e. The second-order valence-electron chi connectivity index (χ2n) is 22.2. The van der Waals surface area contributed by atoms with Crippen LogP contribution in [0.4, 0.5) is 0 Å². The molecule has 12 aromatic carbocycles. The SMILES string of the molecule is C=C/C=C(\C1=C(C)C2c3ccccc3C1c1c2cccc1-n1c2ccccc2c2cc(-c3c(-c4ccccc4)cccc3-c3ccccc3)ccc21)[Si](c1ccccc1)(c1cccc(-c2ccccc2)c1)c1cccc(-c2ccccc2)c1. The molecule has 0 saturated carbocycles. The molecule has 1 aromatic heterocycles. The molecule has 3 aliphatic carbocycles. The highest BCUT2D eigenvalue weighted by atomic mass is 28.3. The molecule has 13 aromatic rings. The number of benzene rings is 12. The van der Waals surface area contributed by atoms with Crippen molar-refractivity contribution >= 4 is 45.4 Å². The van der Waals surface area contributed by atoms with Gasteiger partial charge in [0, 0.05) is 22.6 Å². The number of rotatable bonds is 12. The molecule has 0 saturated heterocycles. The Labute approximate surface area is 487 Å². The molecule has 0 radical (unpaired) electrons. The molecule has 2 heteroatoms. The smallest absolute Gasteiger partial charge is 0.179 e. The van der Waals surface area contributed by atoms with E-state index in [2.05, 4.69) is 334 Å². The van der Waals surface area contributed by atoms with Gasteiger partial charge in [0.1, 0.15) is 0 Å². The third kappa shape index (κ3) is 8.12. The van der Waals surface area contributed by atoms with E-state index in [4.69, 9.17) is 0 Å². The molecule has 0 fully saturated rings. The second-order valence-corrected chi connectivity index (χ2v) is 26.0. The third-order valence-corrected chi connectivity index (χ3v) is 22.7. The minimum atomic E-state index is -3.36. The van der Waals surface area contributed by atoms with Gasteiger partial charge >= 0.3 is 0 Å². The maximum atomic E-state index is 4.62. The van der Waals surface area contributed by atoms with E-state index in [9.17, 15) is 0 Å². The van der Waals surface area contributed by atoms with Crippen LogP contribution in [-0.2, 0) is 0 Å². The predicted octanol–water partition coefficient (Wildman–Crippen LogP) is 18.8. The Morgan fingerprint density at radius 3 is 1.42 bits per heavy atom. The summed E-state index contributed by atoms with van der Waals surface area (Å²) in [7, 11) is -3.36. The molecule has 16 rings (SSSR count). The van der Waals surface area contributed by atoms with Crippen LogP contribution < -0.4 is 15.6 Å². The standard InChI is InChI=1S/C81H59NSi/c1-3-27-76(83(63-38-17-8-18-39-63,64-40-23-36-60(52-64)56-28-9-4-10-29-56)65-41-24-37-61(53-65)57-30-11-5-12-31-57)78-55(2)77-69-43-19-20-44-70(69)81(78)80-71(77)47-26-49-75(80)82-73-48-22-21-42-68(73)72-54-62(50-51-74(72)82)79-66(58-32-13-6-14-33-58)45-25-46-67(79)59-34-15-7-16-35-59/h3-54,77,81H,1H2,2H3/b76-27+. The Kier molecular flexibility index (Phi) is 12.5. The van der Waals surface area contributed by atoms with Crippen LogP contribution in [0.1, 0.15) is 41.0 Å². The van der Waals surface area contributed by atoms with Gasteiger partial charge in [-0.25, -0.2) is 0 Å². The number of hydrogen-bond donors (Lipinski definition) is 0. The summed E-state index contributed by atoms with van der Waals surface area (Å²) >= 11 is 0. The first kappa shape index (κ1) is 49.9. The Balaban J connectivity index is 0.993. The minimum Gasteiger partial charge on any atom is -0.309 e. The summed E-state index contributed by atoms with van der Waals surface area (Å²) in [6.07, 6.45) is 4.50. The summed E-state index contributed by atoms with van der Waals surface area (Å²) < 4.78 is 2.59. The largest absolute Gasteiger partial charge is 0.309 e. The molecule has 2 atom stereocenters. The maximum absolute atomic E-state index is 4.62. The van der Waals surface area contributed by atoms with E-state index in [0.717, 1.165) is 0 Å². The lowest BCUT2D eigenvalue weighted by Crippen LogP contribution is -2.69. The number of hydrogen-bond acceptors (Lipinski definition) is 0. The first-order valence-electron chi connectivity index (χ1n) is 29.0. The van der Waals surface area contributed by atoms with E-state index in [-0.39, 0.29) is 11.8 Å². The quantitative estimate of drug-likeness (QED) is 0.0653. The minimum absolute atomic E-state index is 0.0220. The molecule has 0 aliphatic heterocycles. The molecule has 0 amide bonds. The fourth-order valence-corrected chi connectivity index (χ4v) is 19.7. The third-order valence-electron chi connectivity index (χ3n) is 17.9. The van der Waals surface area contributed by atoms with Crippen LogP contribution in [0.15, 0.2) is 338 Å². The first-order chi connectivity index (χ1) is 41.1. The molecule has 0 spiro atoms. The van der Waals surface area contributed by atoms with Crippen LogP contribution in [0.5, 0.6) is 0 Å². The Morgan fingerprint density at radius 1 is 0.373 bits per heavy atom. The van der Waals surface area contributed by atoms with Crippen molar-refractivity contribution in [3.8, 4) is 61.3 Å². The molecule has 2 unspecified atom stereocenters. The lowest BCUT2D eigenvalue weighted by Gasteiger charge is -2.48. The topological polar surface area (TPSA) is 4.93 Å². The normalized spacial score (nSPS) is 14.6. The van der Waals surface area contributed by atoms with E-state index in [1.54, 1.807) is 0 Å².